The van der Waals surface area contributed by atoms with Gasteiger partial charge in [-0.2, -0.15) is 0 Å². The zero-order valence-electron chi connectivity index (χ0n) is 25.5. The molecule has 0 aromatic heterocycles. The number of rotatable bonds is 13. The lowest BCUT2D eigenvalue weighted by Crippen LogP contribution is -2.53. The van der Waals surface area contributed by atoms with Crippen LogP contribution >= 0.6 is 23.2 Å². The van der Waals surface area contributed by atoms with E-state index < -0.39 is 28.5 Å². The standard InChI is InChI=1S/C35H37Cl2N3O4S/c1-4-20-38-35(42)33(22-27-12-7-5-8-13-27)39(23-29-30(36)16-11-17-31(29)37)34(41)24-40(32-19-18-25(2)21-26(32)3)45(43,44)28-14-9-6-10-15-28/h5-19,21,33H,4,20,22-24H2,1-3H3,(H,38,42)/t33-/m1/s1. The van der Waals surface area contributed by atoms with E-state index in [4.69, 9.17) is 23.2 Å². The van der Waals surface area contributed by atoms with E-state index >= 15 is 0 Å². The van der Waals surface area contributed by atoms with Crippen molar-refractivity contribution in [1.82, 2.24) is 10.2 Å². The smallest absolute Gasteiger partial charge is 0.264 e. The first-order valence-corrected chi connectivity index (χ1v) is 16.9. The average Bonchev–Trinajstić information content (AvgIpc) is 3.02. The van der Waals surface area contributed by atoms with Gasteiger partial charge in [0.15, 0.2) is 0 Å². The molecule has 0 spiro atoms. The molecular formula is C35H37Cl2N3O4S. The van der Waals surface area contributed by atoms with Crippen LogP contribution in [0.15, 0.2) is 102 Å². The maximum atomic E-state index is 14.6. The molecule has 0 heterocycles. The second-order valence-electron chi connectivity index (χ2n) is 10.8. The Bertz CT molecular complexity index is 1710. The summed E-state index contributed by atoms with van der Waals surface area (Å²) in [4.78, 5) is 29.8. The van der Waals surface area contributed by atoms with Crippen LogP contribution in [0.3, 0.4) is 0 Å². The van der Waals surface area contributed by atoms with Crippen molar-refractivity contribution in [1.29, 1.82) is 0 Å². The summed E-state index contributed by atoms with van der Waals surface area (Å²) in [6.45, 7) is 5.40. The van der Waals surface area contributed by atoms with E-state index in [1.807, 2.05) is 50.2 Å². The lowest BCUT2D eigenvalue weighted by Gasteiger charge is -2.34. The van der Waals surface area contributed by atoms with Gasteiger partial charge < -0.3 is 10.2 Å². The Morgan fingerprint density at radius 2 is 1.47 bits per heavy atom. The molecule has 0 fully saturated rings. The number of halogens is 2. The molecule has 4 aromatic carbocycles. The number of hydrogen-bond acceptors (Lipinski definition) is 4. The third-order valence-electron chi connectivity index (χ3n) is 7.44. The van der Waals surface area contributed by atoms with Crippen molar-refractivity contribution >= 4 is 50.7 Å². The van der Waals surface area contributed by atoms with Crippen molar-refractivity contribution in [3.05, 3.63) is 129 Å². The number of aryl methyl sites for hydroxylation is 2. The van der Waals surface area contributed by atoms with Gasteiger partial charge in [0.05, 0.1) is 10.6 Å². The van der Waals surface area contributed by atoms with Crippen LogP contribution in [0.5, 0.6) is 0 Å². The Labute approximate surface area is 275 Å². The normalized spacial score (nSPS) is 11.9. The Hall–Kier alpha value is -3.85. The monoisotopic (exact) mass is 665 g/mol. The molecular weight excluding hydrogens is 629 g/mol. The minimum atomic E-state index is -4.19. The van der Waals surface area contributed by atoms with Gasteiger partial charge in [0.2, 0.25) is 11.8 Å². The summed E-state index contributed by atoms with van der Waals surface area (Å²) in [5.41, 5.74) is 3.29. The Morgan fingerprint density at radius 1 is 0.844 bits per heavy atom. The van der Waals surface area contributed by atoms with Gasteiger partial charge in [-0.25, -0.2) is 8.42 Å². The van der Waals surface area contributed by atoms with Crippen molar-refractivity contribution < 1.29 is 18.0 Å². The summed E-state index contributed by atoms with van der Waals surface area (Å²) in [6, 6.07) is 26.7. The molecule has 0 saturated heterocycles. The summed E-state index contributed by atoms with van der Waals surface area (Å²) in [7, 11) is -4.19. The van der Waals surface area contributed by atoms with Crippen LogP contribution in [-0.2, 0) is 32.6 Å². The van der Waals surface area contributed by atoms with E-state index in [1.165, 1.54) is 17.0 Å². The highest BCUT2D eigenvalue weighted by atomic mass is 35.5. The highest BCUT2D eigenvalue weighted by molar-refractivity contribution is 7.92. The molecule has 236 valence electrons. The predicted octanol–water partition coefficient (Wildman–Crippen LogP) is 6.97. The molecule has 2 amide bonds. The summed E-state index contributed by atoms with van der Waals surface area (Å²) in [6.07, 6.45) is 0.892. The van der Waals surface area contributed by atoms with E-state index in [0.717, 1.165) is 15.4 Å². The van der Waals surface area contributed by atoms with Gasteiger partial charge in [-0.1, -0.05) is 102 Å². The quantitative estimate of drug-likeness (QED) is 0.167. The number of benzene rings is 4. The number of sulfonamides is 1. The van der Waals surface area contributed by atoms with Gasteiger partial charge in [-0.15, -0.1) is 0 Å². The lowest BCUT2D eigenvalue weighted by atomic mass is 10.0. The third-order valence-corrected chi connectivity index (χ3v) is 9.92. The highest BCUT2D eigenvalue weighted by Crippen LogP contribution is 2.30. The fourth-order valence-corrected chi connectivity index (χ4v) is 7.11. The number of amides is 2. The van der Waals surface area contributed by atoms with Gasteiger partial charge >= 0.3 is 0 Å². The highest BCUT2D eigenvalue weighted by Gasteiger charge is 2.35. The van der Waals surface area contributed by atoms with E-state index in [0.29, 0.717) is 39.8 Å². The van der Waals surface area contributed by atoms with Crippen molar-refractivity contribution in [3.63, 3.8) is 0 Å². The van der Waals surface area contributed by atoms with Gasteiger partial charge in [0.25, 0.3) is 10.0 Å². The molecule has 0 aliphatic rings. The Balaban J connectivity index is 1.85. The van der Waals surface area contributed by atoms with Crippen LogP contribution in [0.2, 0.25) is 10.0 Å². The molecule has 4 aromatic rings. The summed E-state index contributed by atoms with van der Waals surface area (Å²) >= 11 is 13.1. The zero-order chi connectivity index (χ0) is 32.6. The fourth-order valence-electron chi connectivity index (χ4n) is 5.09. The van der Waals surface area contributed by atoms with Crippen LogP contribution in [-0.4, -0.2) is 44.3 Å². The molecule has 10 heteroatoms. The first-order valence-electron chi connectivity index (χ1n) is 14.7. The lowest BCUT2D eigenvalue weighted by molar-refractivity contribution is -0.140. The van der Waals surface area contributed by atoms with E-state index in [2.05, 4.69) is 5.32 Å². The third kappa shape index (κ3) is 8.45. The molecule has 0 radical (unpaired) electrons. The van der Waals surface area contributed by atoms with Crippen LogP contribution < -0.4 is 9.62 Å². The van der Waals surface area contributed by atoms with Crippen molar-refractivity contribution in [3.8, 4) is 0 Å². The fraction of sp³-hybridized carbons (Fsp3) is 0.257. The molecule has 4 rings (SSSR count). The molecule has 0 aliphatic carbocycles. The van der Waals surface area contributed by atoms with Gasteiger partial charge in [-0.05, 0) is 61.7 Å². The maximum Gasteiger partial charge on any atom is 0.264 e. The maximum absolute atomic E-state index is 14.6. The molecule has 0 unspecified atom stereocenters. The molecule has 0 bridgehead atoms. The minimum Gasteiger partial charge on any atom is -0.354 e. The summed E-state index contributed by atoms with van der Waals surface area (Å²) < 4.78 is 29.4. The first kappa shape index (κ1) is 34.0. The predicted molar refractivity (Wildman–Crippen MR) is 181 cm³/mol. The number of carbonyl (C=O) groups is 2. The Kier molecular flexibility index (Phi) is 11.7. The molecule has 45 heavy (non-hydrogen) atoms. The van der Waals surface area contributed by atoms with E-state index in [9.17, 15) is 18.0 Å². The number of hydrogen-bond donors (Lipinski definition) is 1. The zero-order valence-corrected chi connectivity index (χ0v) is 27.9. The van der Waals surface area contributed by atoms with Crippen LogP contribution in [0, 0.1) is 13.8 Å². The number of carbonyl (C=O) groups excluding carboxylic acids is 2. The molecule has 1 atom stereocenters. The molecule has 7 nitrogen and oxygen atoms in total. The number of anilines is 1. The second kappa shape index (κ2) is 15.4. The van der Waals surface area contributed by atoms with Gasteiger partial charge in [0.1, 0.15) is 12.6 Å². The topological polar surface area (TPSA) is 86.8 Å². The first-order chi connectivity index (χ1) is 21.5. The van der Waals surface area contributed by atoms with E-state index in [-0.39, 0.29) is 23.8 Å². The van der Waals surface area contributed by atoms with Crippen LogP contribution in [0.25, 0.3) is 0 Å². The van der Waals surface area contributed by atoms with Gasteiger partial charge in [0, 0.05) is 35.1 Å². The largest absolute Gasteiger partial charge is 0.354 e. The SMILES string of the molecule is CCCNC(=O)[C@@H](Cc1ccccc1)N(Cc1c(Cl)cccc1Cl)C(=O)CN(c1ccc(C)cc1C)S(=O)(=O)c1ccccc1. The summed E-state index contributed by atoms with van der Waals surface area (Å²) in [5.74, 6) is -0.945. The second-order valence-corrected chi connectivity index (χ2v) is 13.5. The van der Waals surface area contributed by atoms with Crippen LogP contribution in [0.4, 0.5) is 5.69 Å². The molecule has 0 saturated carbocycles. The summed E-state index contributed by atoms with van der Waals surface area (Å²) in [5, 5.41) is 3.59. The number of nitrogens with one attached hydrogen (secondary N) is 1. The molecule has 0 aliphatic heterocycles. The van der Waals surface area contributed by atoms with E-state index in [1.54, 1.807) is 55.5 Å². The molecule has 1 N–H and O–H groups in total. The average molecular weight is 667 g/mol. The van der Waals surface area contributed by atoms with Gasteiger partial charge in [-0.3, -0.25) is 13.9 Å². The van der Waals surface area contributed by atoms with Crippen molar-refractivity contribution in [2.75, 3.05) is 17.4 Å². The number of nitrogens with zero attached hydrogens (tertiary/aromatic N) is 2. The van der Waals surface area contributed by atoms with Crippen LogP contribution in [0.1, 0.15) is 35.6 Å². The minimum absolute atomic E-state index is 0.0417. The Morgan fingerprint density at radius 3 is 2.07 bits per heavy atom. The van der Waals surface area contributed by atoms with Crippen molar-refractivity contribution in [2.24, 2.45) is 0 Å². The van der Waals surface area contributed by atoms with Crippen molar-refractivity contribution in [2.45, 2.75) is 51.1 Å².